The van der Waals surface area contributed by atoms with Gasteiger partial charge in [0.1, 0.15) is 0 Å². The Hall–Kier alpha value is -1.73. The summed E-state index contributed by atoms with van der Waals surface area (Å²) in [5.41, 5.74) is 2.86. The zero-order chi connectivity index (χ0) is 16.4. The average molecular weight is 364 g/mol. The number of anilines is 2. The fourth-order valence-corrected chi connectivity index (χ4v) is 3.86. The highest BCUT2D eigenvalue weighted by Crippen LogP contribution is 2.36. The van der Waals surface area contributed by atoms with Crippen LogP contribution in [0, 0.1) is 6.92 Å². The highest BCUT2D eigenvalue weighted by Gasteiger charge is 2.15. The van der Waals surface area contributed by atoms with E-state index in [1.54, 1.807) is 23.7 Å². The summed E-state index contributed by atoms with van der Waals surface area (Å²) >= 11 is 4.87. The molecule has 7 heteroatoms. The van der Waals surface area contributed by atoms with E-state index < -0.39 is 11.3 Å². The zero-order valence-electron chi connectivity index (χ0n) is 12.1. The van der Waals surface area contributed by atoms with Gasteiger partial charge in [-0.05, 0) is 36.8 Å². The van der Waals surface area contributed by atoms with Crippen molar-refractivity contribution in [2.45, 2.75) is 6.92 Å². The van der Waals surface area contributed by atoms with E-state index >= 15 is 0 Å². The predicted octanol–water partition coefficient (Wildman–Crippen LogP) is 4.70. The number of para-hydroxylation sites is 1. The first-order valence-corrected chi connectivity index (χ1v) is 9.01. The molecular formula is C16H12ClN2O2S2-. The van der Waals surface area contributed by atoms with Crippen molar-refractivity contribution in [1.29, 1.82) is 0 Å². The number of nitrogens with zero attached hydrogens (tertiary/aromatic N) is 2. The fourth-order valence-electron chi connectivity index (χ4n) is 2.19. The molecule has 23 heavy (non-hydrogen) atoms. The smallest absolute Gasteiger partial charge is 0.0803 e. The largest absolute Gasteiger partial charge is 0.755 e. The van der Waals surface area contributed by atoms with E-state index in [0.29, 0.717) is 16.4 Å². The van der Waals surface area contributed by atoms with Crippen molar-refractivity contribution >= 4 is 45.6 Å². The number of aromatic nitrogens is 1. The van der Waals surface area contributed by atoms with Crippen molar-refractivity contribution in [1.82, 2.24) is 4.98 Å². The van der Waals surface area contributed by atoms with Crippen LogP contribution >= 0.6 is 22.9 Å². The Morgan fingerprint density at radius 2 is 2.04 bits per heavy atom. The molecule has 0 N–H and O–H groups in total. The third-order valence-corrected chi connectivity index (χ3v) is 5.15. The minimum absolute atomic E-state index is 0.563. The standard InChI is InChI=1S/C16H13ClN2O2S2/c1-11-4-2-3-5-15(11)19(23(20)21)13-8-16(22-10-13)14-7-6-12(17)9-18-14/h2-10H,1H3,(H,20,21)/p-1. The molecule has 1 unspecified atom stereocenters. The first-order valence-electron chi connectivity index (χ1n) is 6.72. The highest BCUT2D eigenvalue weighted by molar-refractivity contribution is 7.81. The number of thiophene rings is 1. The van der Waals surface area contributed by atoms with Gasteiger partial charge in [0.05, 0.1) is 38.2 Å². The lowest BCUT2D eigenvalue weighted by Gasteiger charge is -2.26. The summed E-state index contributed by atoms with van der Waals surface area (Å²) < 4.78 is 24.8. The molecule has 0 radical (unpaired) electrons. The van der Waals surface area contributed by atoms with Gasteiger partial charge in [0.25, 0.3) is 0 Å². The first kappa shape index (κ1) is 16.1. The van der Waals surface area contributed by atoms with Crippen LogP contribution in [-0.4, -0.2) is 13.7 Å². The van der Waals surface area contributed by atoms with Crippen LogP contribution in [0.15, 0.2) is 54.0 Å². The Kier molecular flexibility index (Phi) is 4.77. The van der Waals surface area contributed by atoms with Gasteiger partial charge in [0.15, 0.2) is 0 Å². The quantitative estimate of drug-likeness (QED) is 0.631. The van der Waals surface area contributed by atoms with Gasteiger partial charge in [-0.15, -0.1) is 11.3 Å². The first-order chi connectivity index (χ1) is 11.1. The molecule has 1 aromatic carbocycles. The topological polar surface area (TPSA) is 56.3 Å². The number of pyridine rings is 1. The minimum Gasteiger partial charge on any atom is -0.755 e. The van der Waals surface area contributed by atoms with Crippen LogP contribution < -0.4 is 4.31 Å². The molecule has 0 spiro atoms. The van der Waals surface area contributed by atoms with Gasteiger partial charge in [-0.25, -0.2) is 0 Å². The third-order valence-electron chi connectivity index (χ3n) is 3.28. The van der Waals surface area contributed by atoms with E-state index in [-0.39, 0.29) is 0 Å². The van der Waals surface area contributed by atoms with Gasteiger partial charge in [0.2, 0.25) is 0 Å². The maximum absolute atomic E-state index is 11.7. The summed E-state index contributed by atoms with van der Waals surface area (Å²) in [5.74, 6) is 0. The number of hydrogen-bond donors (Lipinski definition) is 0. The Labute approximate surface area is 145 Å². The number of hydrogen-bond acceptors (Lipinski definition) is 4. The van der Waals surface area contributed by atoms with E-state index in [9.17, 15) is 8.76 Å². The second-order valence-electron chi connectivity index (χ2n) is 4.83. The Balaban J connectivity index is 2.01. The molecule has 0 saturated carbocycles. The molecule has 2 aromatic heterocycles. The molecule has 118 valence electrons. The van der Waals surface area contributed by atoms with Crippen molar-refractivity contribution in [2.75, 3.05) is 4.31 Å². The van der Waals surface area contributed by atoms with E-state index in [2.05, 4.69) is 4.98 Å². The number of halogens is 1. The molecule has 0 fully saturated rings. The summed E-state index contributed by atoms with van der Waals surface area (Å²) in [6, 6.07) is 12.7. The van der Waals surface area contributed by atoms with Crippen molar-refractivity contribution in [3.05, 3.63) is 64.6 Å². The van der Waals surface area contributed by atoms with E-state index in [4.69, 9.17) is 11.6 Å². The minimum atomic E-state index is -2.41. The molecule has 3 aromatic rings. The highest BCUT2D eigenvalue weighted by atomic mass is 35.5. The molecule has 0 saturated heterocycles. The molecule has 0 aliphatic heterocycles. The van der Waals surface area contributed by atoms with Crippen molar-refractivity contribution < 1.29 is 8.76 Å². The zero-order valence-corrected chi connectivity index (χ0v) is 14.5. The molecule has 1 atom stereocenters. The van der Waals surface area contributed by atoms with Crippen LogP contribution in [0.3, 0.4) is 0 Å². The molecule has 4 nitrogen and oxygen atoms in total. The summed E-state index contributed by atoms with van der Waals surface area (Å²) in [5, 5.41) is 2.36. The van der Waals surface area contributed by atoms with Gasteiger partial charge in [-0.2, -0.15) is 0 Å². The van der Waals surface area contributed by atoms with Crippen molar-refractivity contribution in [3.8, 4) is 10.6 Å². The average Bonchev–Trinajstić information content (AvgIpc) is 2.99. The monoisotopic (exact) mass is 363 g/mol. The molecule has 0 amide bonds. The summed E-state index contributed by atoms with van der Waals surface area (Å²) in [6.45, 7) is 1.88. The Morgan fingerprint density at radius 1 is 1.26 bits per heavy atom. The fraction of sp³-hybridized carbons (Fsp3) is 0.0625. The van der Waals surface area contributed by atoms with Gasteiger partial charge in [-0.3, -0.25) is 13.5 Å². The van der Waals surface area contributed by atoms with Crippen molar-refractivity contribution in [2.24, 2.45) is 0 Å². The summed E-state index contributed by atoms with van der Waals surface area (Å²) in [4.78, 5) is 5.14. The maximum atomic E-state index is 11.7. The third kappa shape index (κ3) is 3.45. The summed E-state index contributed by atoms with van der Waals surface area (Å²) in [7, 11) is 0. The lowest BCUT2D eigenvalue weighted by molar-refractivity contribution is 0.537. The van der Waals surface area contributed by atoms with E-state index in [0.717, 1.165) is 16.1 Å². The number of rotatable bonds is 4. The Bertz CT molecular complexity index is 849. The van der Waals surface area contributed by atoms with Crippen molar-refractivity contribution in [3.63, 3.8) is 0 Å². The SMILES string of the molecule is Cc1ccccc1N(c1csc(-c2ccc(Cl)cn2)c1)S(=O)[O-]. The van der Waals surface area contributed by atoms with E-state index in [1.807, 2.05) is 37.3 Å². The second-order valence-corrected chi connectivity index (χ2v) is 6.98. The van der Waals surface area contributed by atoms with Crippen LogP contribution in [0.2, 0.25) is 5.02 Å². The van der Waals surface area contributed by atoms with Crippen LogP contribution in [0.1, 0.15) is 5.56 Å². The van der Waals surface area contributed by atoms with Crippen LogP contribution in [0.4, 0.5) is 11.4 Å². The molecule has 0 bridgehead atoms. The second kappa shape index (κ2) is 6.80. The summed E-state index contributed by atoms with van der Waals surface area (Å²) in [6.07, 6.45) is 1.57. The van der Waals surface area contributed by atoms with Gasteiger partial charge >= 0.3 is 0 Å². The van der Waals surface area contributed by atoms with Gasteiger partial charge in [-0.1, -0.05) is 29.8 Å². The molecule has 0 aliphatic carbocycles. The van der Waals surface area contributed by atoms with Gasteiger partial charge < -0.3 is 4.55 Å². The number of aryl methyl sites for hydroxylation is 1. The molecular weight excluding hydrogens is 352 g/mol. The molecule has 2 heterocycles. The maximum Gasteiger partial charge on any atom is 0.0803 e. The van der Waals surface area contributed by atoms with Crippen LogP contribution in [0.5, 0.6) is 0 Å². The molecule has 3 rings (SSSR count). The molecule has 0 aliphatic rings. The Morgan fingerprint density at radius 3 is 2.70 bits per heavy atom. The lowest BCUT2D eigenvalue weighted by Crippen LogP contribution is -2.19. The van der Waals surface area contributed by atoms with Crippen LogP contribution in [-0.2, 0) is 11.3 Å². The van der Waals surface area contributed by atoms with E-state index in [1.165, 1.54) is 15.6 Å². The van der Waals surface area contributed by atoms with Gasteiger partial charge in [0, 0.05) is 11.6 Å². The van der Waals surface area contributed by atoms with Crippen LogP contribution in [0.25, 0.3) is 10.6 Å². The normalized spacial score (nSPS) is 12.1. The number of benzene rings is 1. The predicted molar refractivity (Wildman–Crippen MR) is 94.8 cm³/mol. The lowest BCUT2D eigenvalue weighted by atomic mass is 10.2.